The minimum absolute atomic E-state index is 0.0347. The van der Waals surface area contributed by atoms with E-state index in [-0.39, 0.29) is 17.9 Å². The molecule has 1 aromatic rings. The van der Waals surface area contributed by atoms with Crippen LogP contribution in [0.25, 0.3) is 0 Å². The summed E-state index contributed by atoms with van der Waals surface area (Å²) in [5, 5.41) is 0. The molecule has 2 N–H and O–H groups in total. The molecule has 2 unspecified atom stereocenters. The molecule has 1 heterocycles. The molecule has 0 aromatic carbocycles. The summed E-state index contributed by atoms with van der Waals surface area (Å²) < 4.78 is 0. The number of carbonyl (C=O) groups excluding carboxylic acids is 1. The fourth-order valence-corrected chi connectivity index (χ4v) is 2.53. The van der Waals surface area contributed by atoms with Gasteiger partial charge < -0.3 is 10.6 Å². The molecule has 1 aliphatic carbocycles. The third-order valence-electron chi connectivity index (χ3n) is 3.75. The standard InChI is InChI=1S/C14H21N3O/c1-17(10-7-11-5-8-16-9-6-11)14(18)12-3-2-4-13(12)15/h5-6,8-9,12-13H,2-4,7,10,15H2,1H3. The normalized spacial score (nSPS) is 23.0. The second-order valence-electron chi connectivity index (χ2n) is 5.07. The zero-order valence-corrected chi connectivity index (χ0v) is 10.9. The number of aromatic nitrogens is 1. The van der Waals surface area contributed by atoms with Crippen molar-refractivity contribution in [3.05, 3.63) is 30.1 Å². The van der Waals surface area contributed by atoms with Crippen LogP contribution in [-0.2, 0) is 11.2 Å². The first-order valence-corrected chi connectivity index (χ1v) is 6.58. The van der Waals surface area contributed by atoms with Gasteiger partial charge in [0.15, 0.2) is 0 Å². The molecule has 1 aromatic heterocycles. The Kier molecular flexibility index (Phi) is 4.31. The van der Waals surface area contributed by atoms with Gasteiger partial charge in [0, 0.05) is 32.0 Å². The van der Waals surface area contributed by atoms with Gasteiger partial charge in [-0.1, -0.05) is 6.42 Å². The molecular formula is C14H21N3O. The summed E-state index contributed by atoms with van der Waals surface area (Å²) in [7, 11) is 1.87. The molecule has 4 nitrogen and oxygen atoms in total. The van der Waals surface area contributed by atoms with Crippen LogP contribution < -0.4 is 5.73 Å². The molecule has 1 amide bonds. The number of hydrogen-bond donors (Lipinski definition) is 1. The molecule has 0 bridgehead atoms. The molecule has 1 saturated carbocycles. The summed E-state index contributed by atoms with van der Waals surface area (Å²) in [4.78, 5) is 18.0. The monoisotopic (exact) mass is 247 g/mol. The maximum absolute atomic E-state index is 12.2. The number of carbonyl (C=O) groups is 1. The van der Waals surface area contributed by atoms with Crippen molar-refractivity contribution in [3.8, 4) is 0 Å². The number of pyridine rings is 1. The van der Waals surface area contributed by atoms with Gasteiger partial charge in [0.1, 0.15) is 0 Å². The Bertz CT molecular complexity index is 393. The van der Waals surface area contributed by atoms with Crippen molar-refractivity contribution < 1.29 is 4.79 Å². The highest BCUT2D eigenvalue weighted by Crippen LogP contribution is 2.25. The fraction of sp³-hybridized carbons (Fsp3) is 0.571. The number of hydrogen-bond acceptors (Lipinski definition) is 3. The maximum Gasteiger partial charge on any atom is 0.226 e. The van der Waals surface area contributed by atoms with E-state index in [4.69, 9.17) is 5.73 Å². The lowest BCUT2D eigenvalue weighted by atomic mass is 10.0. The Morgan fingerprint density at radius 1 is 1.44 bits per heavy atom. The van der Waals surface area contributed by atoms with E-state index >= 15 is 0 Å². The van der Waals surface area contributed by atoms with Gasteiger partial charge in [0.05, 0.1) is 5.92 Å². The van der Waals surface area contributed by atoms with Gasteiger partial charge >= 0.3 is 0 Å². The molecule has 0 aliphatic heterocycles. The Morgan fingerprint density at radius 3 is 2.78 bits per heavy atom. The first-order chi connectivity index (χ1) is 8.68. The number of likely N-dealkylation sites (N-methyl/N-ethyl adjacent to an activating group) is 1. The van der Waals surface area contributed by atoms with E-state index in [1.54, 1.807) is 12.4 Å². The Labute approximate surface area is 108 Å². The van der Waals surface area contributed by atoms with E-state index < -0.39 is 0 Å². The van der Waals surface area contributed by atoms with E-state index in [1.165, 1.54) is 5.56 Å². The van der Waals surface area contributed by atoms with Crippen molar-refractivity contribution in [2.24, 2.45) is 11.7 Å². The predicted molar refractivity (Wildman–Crippen MR) is 70.9 cm³/mol. The van der Waals surface area contributed by atoms with Gasteiger partial charge in [-0.05, 0) is 37.0 Å². The highest BCUT2D eigenvalue weighted by molar-refractivity contribution is 5.79. The lowest BCUT2D eigenvalue weighted by Gasteiger charge is -2.23. The van der Waals surface area contributed by atoms with Crippen molar-refractivity contribution in [2.45, 2.75) is 31.7 Å². The SMILES string of the molecule is CN(CCc1ccncc1)C(=O)C1CCCC1N. The van der Waals surface area contributed by atoms with Crippen LogP contribution in [0.5, 0.6) is 0 Å². The third kappa shape index (κ3) is 3.07. The van der Waals surface area contributed by atoms with Crippen molar-refractivity contribution in [1.29, 1.82) is 0 Å². The predicted octanol–water partition coefficient (Wildman–Crippen LogP) is 1.21. The first-order valence-electron chi connectivity index (χ1n) is 6.58. The average molecular weight is 247 g/mol. The van der Waals surface area contributed by atoms with Crippen molar-refractivity contribution in [3.63, 3.8) is 0 Å². The summed E-state index contributed by atoms with van der Waals surface area (Å²) >= 11 is 0. The Balaban J connectivity index is 1.84. The Morgan fingerprint density at radius 2 is 2.17 bits per heavy atom. The van der Waals surface area contributed by atoms with Crippen molar-refractivity contribution >= 4 is 5.91 Å². The van der Waals surface area contributed by atoms with E-state index in [0.29, 0.717) is 0 Å². The van der Waals surface area contributed by atoms with Gasteiger partial charge in [-0.2, -0.15) is 0 Å². The van der Waals surface area contributed by atoms with Crippen LogP contribution in [0.1, 0.15) is 24.8 Å². The van der Waals surface area contributed by atoms with Gasteiger partial charge in [0.25, 0.3) is 0 Å². The fourth-order valence-electron chi connectivity index (χ4n) is 2.53. The van der Waals surface area contributed by atoms with Crippen LogP contribution in [0.2, 0.25) is 0 Å². The van der Waals surface area contributed by atoms with E-state index in [0.717, 1.165) is 32.2 Å². The highest BCUT2D eigenvalue weighted by atomic mass is 16.2. The van der Waals surface area contributed by atoms with E-state index in [9.17, 15) is 4.79 Å². The molecule has 0 spiro atoms. The largest absolute Gasteiger partial charge is 0.345 e. The number of nitrogens with two attached hydrogens (primary N) is 1. The van der Waals surface area contributed by atoms with Gasteiger partial charge in [-0.3, -0.25) is 9.78 Å². The Hall–Kier alpha value is -1.42. The number of amides is 1. The van der Waals surface area contributed by atoms with E-state index in [2.05, 4.69) is 4.98 Å². The zero-order chi connectivity index (χ0) is 13.0. The van der Waals surface area contributed by atoms with Crippen LogP contribution in [0, 0.1) is 5.92 Å². The van der Waals surface area contributed by atoms with Crippen LogP contribution in [0.3, 0.4) is 0 Å². The summed E-state index contributed by atoms with van der Waals surface area (Å²) in [6.45, 7) is 0.742. The second-order valence-corrected chi connectivity index (χ2v) is 5.07. The summed E-state index contributed by atoms with van der Waals surface area (Å²) in [6.07, 6.45) is 7.44. The molecule has 4 heteroatoms. The quantitative estimate of drug-likeness (QED) is 0.870. The van der Waals surface area contributed by atoms with Crippen molar-refractivity contribution in [1.82, 2.24) is 9.88 Å². The summed E-state index contributed by atoms with van der Waals surface area (Å²) in [6, 6.07) is 4.03. The molecule has 0 radical (unpaired) electrons. The minimum Gasteiger partial charge on any atom is -0.345 e. The van der Waals surface area contributed by atoms with E-state index in [1.807, 2.05) is 24.1 Å². The van der Waals surface area contributed by atoms with Gasteiger partial charge in [-0.15, -0.1) is 0 Å². The first kappa shape index (κ1) is 13.0. The summed E-state index contributed by atoms with van der Waals surface area (Å²) in [5.74, 6) is 0.237. The lowest BCUT2D eigenvalue weighted by Crippen LogP contribution is -2.40. The van der Waals surface area contributed by atoms with Crippen molar-refractivity contribution in [2.75, 3.05) is 13.6 Å². The smallest absolute Gasteiger partial charge is 0.226 e. The zero-order valence-electron chi connectivity index (χ0n) is 10.9. The maximum atomic E-state index is 12.2. The number of nitrogens with zero attached hydrogens (tertiary/aromatic N) is 2. The average Bonchev–Trinajstić information content (AvgIpc) is 2.82. The third-order valence-corrected chi connectivity index (χ3v) is 3.75. The van der Waals surface area contributed by atoms with Gasteiger partial charge in [0.2, 0.25) is 5.91 Å². The van der Waals surface area contributed by atoms with Crippen LogP contribution in [0.4, 0.5) is 0 Å². The molecule has 18 heavy (non-hydrogen) atoms. The van der Waals surface area contributed by atoms with Crippen LogP contribution in [0.15, 0.2) is 24.5 Å². The van der Waals surface area contributed by atoms with Gasteiger partial charge in [-0.25, -0.2) is 0 Å². The molecule has 1 aliphatic rings. The molecule has 1 fully saturated rings. The highest BCUT2D eigenvalue weighted by Gasteiger charge is 2.31. The molecular weight excluding hydrogens is 226 g/mol. The van der Waals surface area contributed by atoms with Crippen LogP contribution in [-0.4, -0.2) is 35.4 Å². The number of rotatable bonds is 4. The summed E-state index contributed by atoms with van der Waals surface area (Å²) in [5.41, 5.74) is 7.18. The topological polar surface area (TPSA) is 59.2 Å². The second kappa shape index (κ2) is 5.96. The molecule has 2 atom stereocenters. The lowest BCUT2D eigenvalue weighted by molar-refractivity contribution is -0.134. The minimum atomic E-state index is 0.0347. The molecule has 98 valence electrons. The van der Waals surface area contributed by atoms with Crippen LogP contribution >= 0.6 is 0 Å². The molecule has 2 rings (SSSR count). The molecule has 0 saturated heterocycles.